The fourth-order valence-corrected chi connectivity index (χ4v) is 2.11. The van der Waals surface area contributed by atoms with Crippen LogP contribution < -0.4 is 5.73 Å². The average Bonchev–Trinajstić information content (AvgIpc) is 2.28. The molecule has 0 aromatic heterocycles. The van der Waals surface area contributed by atoms with Crippen molar-refractivity contribution in [1.82, 2.24) is 0 Å². The second kappa shape index (κ2) is 7.38. The number of amides is 1. The van der Waals surface area contributed by atoms with Crippen LogP contribution in [0.15, 0.2) is 0 Å². The highest BCUT2D eigenvalue weighted by Crippen LogP contribution is 2.16. The van der Waals surface area contributed by atoms with Crippen LogP contribution in [0.5, 0.6) is 0 Å². The highest BCUT2D eigenvalue weighted by molar-refractivity contribution is 7.81. The standard InChI is InChI=1S/C6H13NO12S2/c7-6(11)5(19-21(15,16)17)4(18-20(12,13)14)3(10)2(9)1-8/h2-5,8-10H,1H2,(H2,7,11)(H,12,13,14)(H,15,16,17)/t2-,3-,4+,5-/m1/s1. The van der Waals surface area contributed by atoms with E-state index in [1.807, 2.05) is 0 Å². The average molecular weight is 355 g/mol. The van der Waals surface area contributed by atoms with E-state index in [4.69, 9.17) is 25.1 Å². The third kappa shape index (κ3) is 7.60. The Morgan fingerprint density at radius 2 is 1.48 bits per heavy atom. The highest BCUT2D eigenvalue weighted by atomic mass is 32.3. The van der Waals surface area contributed by atoms with E-state index in [2.05, 4.69) is 8.37 Å². The molecule has 0 rings (SSSR count). The summed E-state index contributed by atoms with van der Waals surface area (Å²) in [7, 11) is -10.7. The van der Waals surface area contributed by atoms with E-state index in [-0.39, 0.29) is 0 Å². The van der Waals surface area contributed by atoms with Gasteiger partial charge in [0.05, 0.1) is 6.61 Å². The van der Waals surface area contributed by atoms with Gasteiger partial charge in [-0.1, -0.05) is 0 Å². The molecule has 0 fully saturated rings. The van der Waals surface area contributed by atoms with E-state index in [0.29, 0.717) is 0 Å². The van der Waals surface area contributed by atoms with Gasteiger partial charge in [0.25, 0.3) is 5.91 Å². The lowest BCUT2D eigenvalue weighted by Gasteiger charge is -2.28. The molecule has 0 aliphatic carbocycles. The molecule has 0 unspecified atom stereocenters. The smallest absolute Gasteiger partial charge is 0.394 e. The Morgan fingerprint density at radius 1 is 1.05 bits per heavy atom. The number of rotatable bonds is 9. The van der Waals surface area contributed by atoms with Crippen molar-refractivity contribution in [3.63, 3.8) is 0 Å². The largest absolute Gasteiger partial charge is 0.398 e. The first-order valence-corrected chi connectivity index (χ1v) is 7.59. The summed E-state index contributed by atoms with van der Waals surface area (Å²) in [5.74, 6) is -1.73. The van der Waals surface area contributed by atoms with Crippen molar-refractivity contribution in [2.24, 2.45) is 5.73 Å². The van der Waals surface area contributed by atoms with Gasteiger partial charge >= 0.3 is 20.8 Å². The number of aliphatic hydroxyl groups is 3. The number of primary amides is 1. The molecule has 0 aliphatic heterocycles. The lowest BCUT2D eigenvalue weighted by molar-refractivity contribution is -0.139. The van der Waals surface area contributed by atoms with Gasteiger partial charge < -0.3 is 21.1 Å². The second-order valence-corrected chi connectivity index (χ2v) is 5.67. The molecule has 0 aromatic rings. The van der Waals surface area contributed by atoms with Crippen molar-refractivity contribution in [2.45, 2.75) is 24.4 Å². The van der Waals surface area contributed by atoms with Crippen LogP contribution in [0.25, 0.3) is 0 Å². The fraction of sp³-hybridized carbons (Fsp3) is 0.833. The maximum absolute atomic E-state index is 11.0. The third-order valence-electron chi connectivity index (χ3n) is 1.95. The minimum absolute atomic E-state index is 1.16. The van der Waals surface area contributed by atoms with Crippen LogP contribution in [0.1, 0.15) is 0 Å². The van der Waals surface area contributed by atoms with Crippen LogP contribution in [0, 0.1) is 0 Å². The van der Waals surface area contributed by atoms with Crippen LogP contribution in [-0.4, -0.2) is 78.2 Å². The molecule has 1 amide bonds. The van der Waals surface area contributed by atoms with Crippen molar-refractivity contribution in [3.05, 3.63) is 0 Å². The molecule has 4 atom stereocenters. The molecule has 0 aromatic carbocycles. The van der Waals surface area contributed by atoms with Crippen molar-refractivity contribution < 1.29 is 54.4 Å². The maximum Gasteiger partial charge on any atom is 0.398 e. The van der Waals surface area contributed by atoms with Crippen molar-refractivity contribution >= 4 is 26.7 Å². The summed E-state index contributed by atoms with van der Waals surface area (Å²) < 4.78 is 66.8. The summed E-state index contributed by atoms with van der Waals surface area (Å²) in [6, 6.07) is 0. The molecule has 0 saturated carbocycles. The van der Waals surface area contributed by atoms with Crippen molar-refractivity contribution in [3.8, 4) is 0 Å². The molecule has 0 bridgehead atoms. The third-order valence-corrected chi connectivity index (χ3v) is 2.87. The Balaban J connectivity index is 5.65. The topological polar surface area (TPSA) is 231 Å². The van der Waals surface area contributed by atoms with E-state index in [0.717, 1.165) is 0 Å². The molecule has 0 radical (unpaired) electrons. The quantitative estimate of drug-likeness (QED) is 0.215. The van der Waals surface area contributed by atoms with E-state index in [1.165, 1.54) is 0 Å². The second-order valence-electron chi connectivity index (χ2n) is 3.58. The SMILES string of the molecule is NC(=O)[C@H](OS(=O)(=O)O)[C@@H](OS(=O)(=O)O)[C@H](O)[C@H](O)CO. The molecule has 15 heteroatoms. The zero-order chi connectivity index (χ0) is 17.0. The molecule has 0 saturated heterocycles. The molecule has 0 spiro atoms. The zero-order valence-corrected chi connectivity index (χ0v) is 11.6. The van der Waals surface area contributed by atoms with Crippen molar-refractivity contribution in [2.75, 3.05) is 6.61 Å². The van der Waals surface area contributed by atoms with Gasteiger partial charge in [-0.2, -0.15) is 16.8 Å². The molecule has 0 heterocycles. The Morgan fingerprint density at radius 3 is 1.76 bits per heavy atom. The first kappa shape index (κ1) is 20.1. The van der Waals surface area contributed by atoms with Gasteiger partial charge in [0.15, 0.2) is 6.10 Å². The van der Waals surface area contributed by atoms with Crippen molar-refractivity contribution in [1.29, 1.82) is 0 Å². The number of hydrogen-bond donors (Lipinski definition) is 6. The normalized spacial score (nSPS) is 18.7. The molecule has 126 valence electrons. The van der Waals surface area contributed by atoms with E-state index in [1.54, 1.807) is 0 Å². The van der Waals surface area contributed by atoms with Gasteiger partial charge in [-0.15, -0.1) is 0 Å². The number of hydrogen-bond acceptors (Lipinski definition) is 10. The van der Waals surface area contributed by atoms with E-state index in [9.17, 15) is 26.7 Å². The molecule has 0 aliphatic rings. The number of carbonyl (C=O) groups excluding carboxylic acids is 1. The minimum atomic E-state index is -5.36. The lowest BCUT2D eigenvalue weighted by atomic mass is 10.0. The van der Waals surface area contributed by atoms with Crippen LogP contribution in [0.2, 0.25) is 0 Å². The number of carbonyl (C=O) groups is 1. The van der Waals surface area contributed by atoms with Gasteiger partial charge in [-0.05, 0) is 0 Å². The number of aliphatic hydroxyl groups excluding tert-OH is 3. The maximum atomic E-state index is 11.0. The minimum Gasteiger partial charge on any atom is -0.394 e. The van der Waals surface area contributed by atoms with Gasteiger partial charge in [0.2, 0.25) is 0 Å². The lowest BCUT2D eigenvalue weighted by Crippen LogP contribution is -2.54. The zero-order valence-electron chi connectivity index (χ0n) is 10.0. The Bertz CT molecular complexity index is 554. The monoisotopic (exact) mass is 355 g/mol. The molecular formula is C6H13NO12S2. The fourth-order valence-electron chi connectivity index (χ4n) is 1.15. The number of nitrogens with two attached hydrogens (primary N) is 1. The molecule has 7 N–H and O–H groups in total. The van der Waals surface area contributed by atoms with Gasteiger partial charge in [0.1, 0.15) is 18.3 Å². The summed E-state index contributed by atoms with van der Waals surface area (Å²) in [6.45, 7) is -1.16. The van der Waals surface area contributed by atoms with Crippen LogP contribution in [-0.2, 0) is 34.0 Å². The highest BCUT2D eigenvalue weighted by Gasteiger charge is 2.42. The van der Waals surface area contributed by atoms with Crippen LogP contribution in [0.4, 0.5) is 0 Å². The predicted molar refractivity (Wildman–Crippen MR) is 61.1 cm³/mol. The van der Waals surface area contributed by atoms with Crippen LogP contribution in [0.3, 0.4) is 0 Å². The summed E-state index contributed by atoms with van der Waals surface area (Å²) >= 11 is 0. The van der Waals surface area contributed by atoms with E-state index >= 15 is 0 Å². The van der Waals surface area contributed by atoms with Gasteiger partial charge in [-0.3, -0.25) is 13.9 Å². The summed E-state index contributed by atoms with van der Waals surface area (Å²) in [5, 5.41) is 27.2. The van der Waals surface area contributed by atoms with Crippen LogP contribution >= 0.6 is 0 Å². The summed E-state index contributed by atoms with van der Waals surface area (Å²) in [6.07, 6.45) is -9.78. The summed E-state index contributed by atoms with van der Waals surface area (Å²) in [5.41, 5.74) is 4.69. The summed E-state index contributed by atoms with van der Waals surface area (Å²) in [4.78, 5) is 11.0. The first-order valence-electron chi connectivity index (χ1n) is 4.86. The molecule has 13 nitrogen and oxygen atoms in total. The Kier molecular flexibility index (Phi) is 7.06. The Hall–Kier alpha value is -0.910. The Labute approximate surface area is 118 Å². The van der Waals surface area contributed by atoms with E-state index < -0.39 is 57.7 Å². The van der Waals surface area contributed by atoms with Gasteiger partial charge in [-0.25, -0.2) is 8.37 Å². The first-order chi connectivity index (χ1) is 9.28. The molecular weight excluding hydrogens is 342 g/mol. The predicted octanol–water partition coefficient (Wildman–Crippen LogP) is -4.44. The van der Waals surface area contributed by atoms with Gasteiger partial charge in [0, 0.05) is 0 Å². The molecule has 21 heavy (non-hydrogen) atoms.